The fourth-order valence-electron chi connectivity index (χ4n) is 7.95. The molecule has 28 nitrogen and oxygen atoms in total. The molecule has 4 rings (SSSR count). The summed E-state index contributed by atoms with van der Waals surface area (Å²) in [6.45, 7) is 2.15. The Balaban J connectivity index is 1.13. The summed E-state index contributed by atoms with van der Waals surface area (Å²) in [5, 5.41) is 50.3. The predicted molar refractivity (Wildman–Crippen MR) is 234 cm³/mol. The van der Waals surface area contributed by atoms with E-state index in [0.717, 1.165) is 69.9 Å². The number of unbranched alkanes of at least 4 members (excludes halogenated alkanes) is 10. The van der Waals surface area contributed by atoms with Crippen LogP contribution in [0.3, 0.4) is 0 Å². The second-order valence-electron chi connectivity index (χ2n) is 16.4. The number of carboxylic acid groups (broad SMARTS) is 2. The molecule has 0 bridgehead atoms. The highest BCUT2D eigenvalue weighted by molar-refractivity contribution is 5.86. The van der Waals surface area contributed by atoms with Crippen LogP contribution in [0.2, 0.25) is 0 Å². The highest BCUT2D eigenvalue weighted by Crippen LogP contribution is 2.30. The highest BCUT2D eigenvalue weighted by atomic mass is 16.8. The average molecular weight is 983 g/mol. The molecule has 2 fully saturated rings. The molecular formula is C41H62N10O18. The smallest absolute Gasteiger partial charge is 0.477 e. The number of cyclic esters (lactones) is 4. The minimum absolute atomic E-state index is 0.236. The zero-order valence-corrected chi connectivity index (χ0v) is 38.1. The Morgan fingerprint density at radius 3 is 1.20 bits per heavy atom. The van der Waals surface area contributed by atoms with E-state index in [1.54, 1.807) is 0 Å². The molecule has 28 heteroatoms. The predicted octanol–water partition coefficient (Wildman–Crippen LogP) is -0.0148. The van der Waals surface area contributed by atoms with Gasteiger partial charge in [-0.05, 0) is 25.0 Å². The third-order valence-corrected chi connectivity index (χ3v) is 11.0. The molecule has 0 radical (unpaired) electrons. The van der Waals surface area contributed by atoms with Crippen LogP contribution in [0.15, 0.2) is 23.7 Å². The van der Waals surface area contributed by atoms with Crippen LogP contribution >= 0.6 is 0 Å². The normalized spacial score (nSPS) is 24.5. The molecule has 10 atom stereocenters. The van der Waals surface area contributed by atoms with Gasteiger partial charge in [-0.15, -0.1) is 0 Å². The first-order valence-electron chi connectivity index (χ1n) is 22.4. The van der Waals surface area contributed by atoms with Crippen molar-refractivity contribution < 1.29 is 86.5 Å². The molecule has 0 saturated carbocycles. The van der Waals surface area contributed by atoms with Crippen molar-refractivity contribution in [1.82, 2.24) is 31.9 Å². The number of carbonyl (C=O) groups is 8. The molecule has 0 aromatic carbocycles. The van der Waals surface area contributed by atoms with Crippen LogP contribution in [0.5, 0.6) is 0 Å². The van der Waals surface area contributed by atoms with Crippen molar-refractivity contribution in [3.8, 4) is 0 Å². The van der Waals surface area contributed by atoms with Crippen molar-refractivity contribution in [1.29, 1.82) is 10.8 Å². The summed E-state index contributed by atoms with van der Waals surface area (Å²) >= 11 is 0. The van der Waals surface area contributed by atoms with Crippen molar-refractivity contribution in [2.75, 3.05) is 26.3 Å². The second kappa shape index (κ2) is 26.8. The number of hydrogen-bond acceptors (Lipinski definition) is 18. The van der Waals surface area contributed by atoms with Gasteiger partial charge in [0.2, 0.25) is 23.3 Å². The van der Waals surface area contributed by atoms with E-state index in [-0.39, 0.29) is 26.3 Å². The van der Waals surface area contributed by atoms with E-state index >= 15 is 0 Å². The lowest BCUT2D eigenvalue weighted by atomic mass is 9.91. The summed E-state index contributed by atoms with van der Waals surface area (Å²) in [5.41, 5.74) is 11.0. The number of ether oxygens (including phenoxy) is 8. The number of amides is 4. The number of guanidine groups is 2. The molecule has 384 valence electrons. The lowest BCUT2D eigenvalue weighted by Gasteiger charge is -2.41. The number of carboxylic acids is 2. The summed E-state index contributed by atoms with van der Waals surface area (Å²) in [4.78, 5) is 97.8. The molecule has 0 aliphatic carbocycles. The van der Waals surface area contributed by atoms with Gasteiger partial charge in [0.25, 0.3) is 0 Å². The average Bonchev–Trinajstić information content (AvgIpc) is 3.91. The van der Waals surface area contributed by atoms with E-state index in [4.69, 9.17) is 60.2 Å². The van der Waals surface area contributed by atoms with Gasteiger partial charge in [-0.3, -0.25) is 20.4 Å². The monoisotopic (exact) mass is 982 g/mol. The van der Waals surface area contributed by atoms with E-state index in [0.29, 0.717) is 12.8 Å². The van der Waals surface area contributed by atoms with Gasteiger partial charge >= 0.3 is 36.4 Å². The van der Waals surface area contributed by atoms with E-state index in [9.17, 15) is 48.6 Å². The Hall–Kier alpha value is -7.42. The standard InChI is InChI=1S/C41H62N10O18/c1-20(52)48-28-22(50-36(42)43)16-24(34(54)55)64-32(28)30(26-18-62-40(60)66-26)68-38(58)46-14-12-10-8-6-4-3-5-7-9-11-13-15-47-39(59)69-31(27-19-63-41(61)67-27)33-29(49-21(2)53)23(51-37(44)45)17-25(65-33)35(56)57/h16-17,22-23,26-33H,3-15,18-19H2,1-2H3,(H,46,58)(H,47,59)(H,48,52)(H,49,53)(H,54,55)(H,56,57)(H4,42,43,50)(H4,44,45,51)/t22-,23-,26+,27+,28+,29+,30+,31+,32+,33+/m0/s1. The third-order valence-electron chi connectivity index (χ3n) is 11.0. The van der Waals surface area contributed by atoms with Crippen molar-refractivity contribution in [2.24, 2.45) is 11.5 Å². The first-order chi connectivity index (χ1) is 32.8. The van der Waals surface area contributed by atoms with Crippen LogP contribution < -0.4 is 43.4 Å². The fourth-order valence-corrected chi connectivity index (χ4v) is 7.95. The maximum absolute atomic E-state index is 13.0. The van der Waals surface area contributed by atoms with E-state index in [1.165, 1.54) is 13.8 Å². The topological polar surface area (TPSA) is 423 Å². The van der Waals surface area contributed by atoms with Crippen LogP contribution in [-0.4, -0.2) is 157 Å². The van der Waals surface area contributed by atoms with Gasteiger partial charge in [-0.1, -0.05) is 57.8 Å². The molecule has 14 N–H and O–H groups in total. The van der Waals surface area contributed by atoms with Gasteiger partial charge in [0.1, 0.15) is 13.2 Å². The summed E-state index contributed by atoms with van der Waals surface area (Å²) < 4.78 is 42.7. The van der Waals surface area contributed by atoms with Crippen molar-refractivity contribution >= 4 is 60.2 Å². The minimum Gasteiger partial charge on any atom is -0.477 e. The quantitative estimate of drug-likeness (QED) is 0.0178. The van der Waals surface area contributed by atoms with Gasteiger partial charge in [-0.25, -0.2) is 28.8 Å². The van der Waals surface area contributed by atoms with Crippen molar-refractivity contribution in [3.05, 3.63) is 23.7 Å². The van der Waals surface area contributed by atoms with E-state index < -0.39 is 132 Å². The van der Waals surface area contributed by atoms with Crippen molar-refractivity contribution in [3.63, 3.8) is 0 Å². The van der Waals surface area contributed by atoms with Gasteiger partial charge in [0.05, 0.1) is 24.2 Å². The first kappa shape index (κ1) is 54.2. The molecule has 4 aliphatic rings. The first-order valence-corrected chi connectivity index (χ1v) is 22.4. The van der Waals surface area contributed by atoms with E-state index in [1.807, 2.05) is 0 Å². The Morgan fingerprint density at radius 2 is 0.928 bits per heavy atom. The lowest BCUT2D eigenvalue weighted by molar-refractivity contribution is -0.145. The largest absolute Gasteiger partial charge is 0.508 e. The SMILES string of the molecule is CC(=O)N[C@H]1[C@H]([C@H](OC(=O)NCCCCCCCCCCCCCNC(=O)O[C@@H]([C@@H]2OC(C(=O)O)=C[C@H](NC(=N)N)[C@H]2NC(C)=O)[C@H]2COC(=O)O2)[C@H]2COC(=O)O2)OC(C(=O)O)=C[C@@H]1NC(=N)N. The maximum atomic E-state index is 13.0. The molecule has 69 heavy (non-hydrogen) atoms. The molecule has 4 heterocycles. The molecule has 0 aromatic heterocycles. The summed E-state index contributed by atoms with van der Waals surface area (Å²) in [6, 6.07) is -4.46. The molecule has 0 spiro atoms. The Labute approximate surface area is 395 Å². The highest BCUT2D eigenvalue weighted by Gasteiger charge is 2.51. The number of hydrogen-bond donors (Lipinski definition) is 12. The number of rotatable bonds is 26. The number of nitrogens with two attached hydrogens (primary N) is 2. The third kappa shape index (κ3) is 17.6. The Kier molecular flexibility index (Phi) is 21.0. The number of nitrogens with one attached hydrogen (secondary N) is 8. The Morgan fingerprint density at radius 1 is 0.594 bits per heavy atom. The molecule has 0 unspecified atom stereocenters. The summed E-state index contributed by atoms with van der Waals surface area (Å²) in [5.74, 6) is -6.35. The van der Waals surface area contributed by atoms with E-state index in [2.05, 4.69) is 31.9 Å². The fraction of sp³-hybridized carbons (Fsp3) is 0.659. The molecule has 2 saturated heterocycles. The molecular weight excluding hydrogens is 921 g/mol. The van der Waals surface area contributed by atoms with Gasteiger partial charge in [-0.2, -0.15) is 0 Å². The molecule has 4 amide bonds. The van der Waals surface area contributed by atoms with Crippen LogP contribution in [-0.2, 0) is 57.1 Å². The van der Waals surface area contributed by atoms with Gasteiger partial charge in [0.15, 0.2) is 48.5 Å². The van der Waals surface area contributed by atoms with Crippen molar-refractivity contribution in [2.45, 2.75) is 145 Å². The lowest BCUT2D eigenvalue weighted by Crippen LogP contribution is -2.64. The number of alkyl carbamates (subject to hydrolysis) is 2. The summed E-state index contributed by atoms with van der Waals surface area (Å²) in [7, 11) is 0. The van der Waals surface area contributed by atoms with Gasteiger partial charge < -0.3 is 91.5 Å². The zero-order chi connectivity index (χ0) is 50.6. The summed E-state index contributed by atoms with van der Waals surface area (Å²) in [6.07, 6.45) is -0.359. The van der Waals surface area contributed by atoms with Crippen LogP contribution in [0.1, 0.15) is 84.5 Å². The maximum Gasteiger partial charge on any atom is 0.508 e. The van der Waals surface area contributed by atoms with Gasteiger partial charge in [0, 0.05) is 26.9 Å². The number of aliphatic carboxylic acids is 2. The van der Waals surface area contributed by atoms with Crippen LogP contribution in [0.4, 0.5) is 19.2 Å². The van der Waals surface area contributed by atoms with Crippen LogP contribution in [0.25, 0.3) is 0 Å². The number of carbonyl (C=O) groups excluding carboxylic acids is 6. The molecule has 0 aromatic rings. The Bertz CT molecular complexity index is 1820. The molecule has 4 aliphatic heterocycles. The van der Waals surface area contributed by atoms with Crippen LogP contribution in [0, 0.1) is 10.8 Å². The minimum atomic E-state index is -1.49. The zero-order valence-electron chi connectivity index (χ0n) is 38.1. The second-order valence-corrected chi connectivity index (χ2v) is 16.4.